The van der Waals surface area contributed by atoms with E-state index in [-0.39, 0.29) is 10.6 Å². The zero-order valence-electron chi connectivity index (χ0n) is 12.7. The van der Waals surface area contributed by atoms with Crippen LogP contribution >= 0.6 is 11.6 Å². The SMILES string of the molecule is CCc1ccc(Nc2noc3c(C(=O)OC)c(Cl)ccc23)cc1. The molecule has 3 aromatic rings. The van der Waals surface area contributed by atoms with E-state index < -0.39 is 5.97 Å². The molecule has 0 aliphatic heterocycles. The summed E-state index contributed by atoms with van der Waals surface area (Å²) in [4.78, 5) is 11.9. The van der Waals surface area contributed by atoms with Gasteiger partial charge in [0.2, 0.25) is 0 Å². The molecule has 0 aliphatic rings. The molecule has 0 radical (unpaired) electrons. The Morgan fingerprint density at radius 1 is 1.26 bits per heavy atom. The molecule has 1 aromatic heterocycles. The third-order valence-electron chi connectivity index (χ3n) is 3.60. The number of carbonyl (C=O) groups excluding carboxylic acids is 1. The molecule has 2 aromatic carbocycles. The Kier molecular flexibility index (Phi) is 4.21. The predicted molar refractivity (Wildman–Crippen MR) is 89.5 cm³/mol. The molecular weight excluding hydrogens is 316 g/mol. The van der Waals surface area contributed by atoms with E-state index in [0.717, 1.165) is 12.1 Å². The van der Waals surface area contributed by atoms with E-state index in [2.05, 4.69) is 17.4 Å². The fourth-order valence-electron chi connectivity index (χ4n) is 2.32. The van der Waals surface area contributed by atoms with Gasteiger partial charge < -0.3 is 14.6 Å². The number of halogens is 1. The van der Waals surface area contributed by atoms with Crippen molar-refractivity contribution in [3.63, 3.8) is 0 Å². The fraction of sp³-hybridized carbons (Fsp3) is 0.176. The minimum Gasteiger partial charge on any atom is -0.465 e. The van der Waals surface area contributed by atoms with Gasteiger partial charge in [0.25, 0.3) is 0 Å². The van der Waals surface area contributed by atoms with Crippen LogP contribution in [0.25, 0.3) is 11.0 Å². The van der Waals surface area contributed by atoms with E-state index >= 15 is 0 Å². The van der Waals surface area contributed by atoms with Crippen LogP contribution in [0.1, 0.15) is 22.8 Å². The van der Waals surface area contributed by atoms with Gasteiger partial charge in [-0.3, -0.25) is 0 Å². The second-order valence-electron chi connectivity index (χ2n) is 5.00. The maximum absolute atomic E-state index is 11.9. The molecule has 0 saturated heterocycles. The molecule has 0 atom stereocenters. The average Bonchev–Trinajstić information content (AvgIpc) is 2.97. The summed E-state index contributed by atoms with van der Waals surface area (Å²) in [5.74, 6) is -0.0401. The molecular formula is C17H15ClN2O3. The lowest BCUT2D eigenvalue weighted by atomic mass is 10.1. The smallest absolute Gasteiger partial charge is 0.343 e. The first-order valence-corrected chi connectivity index (χ1v) is 7.54. The van der Waals surface area contributed by atoms with Gasteiger partial charge in [-0.05, 0) is 36.2 Å². The van der Waals surface area contributed by atoms with Crippen molar-refractivity contribution in [3.05, 3.63) is 52.5 Å². The number of carbonyl (C=O) groups is 1. The van der Waals surface area contributed by atoms with Gasteiger partial charge in [-0.2, -0.15) is 0 Å². The Balaban J connectivity index is 2.00. The highest BCUT2D eigenvalue weighted by Crippen LogP contribution is 2.32. The van der Waals surface area contributed by atoms with Gasteiger partial charge in [0.15, 0.2) is 11.4 Å². The molecule has 6 heteroatoms. The van der Waals surface area contributed by atoms with Crippen molar-refractivity contribution in [2.24, 2.45) is 0 Å². The Labute approximate surface area is 138 Å². The third kappa shape index (κ3) is 2.87. The van der Waals surface area contributed by atoms with E-state index in [1.807, 2.05) is 24.3 Å². The number of rotatable bonds is 4. The zero-order valence-corrected chi connectivity index (χ0v) is 13.5. The second-order valence-corrected chi connectivity index (χ2v) is 5.40. The molecule has 0 unspecified atom stereocenters. The number of esters is 1. The molecule has 23 heavy (non-hydrogen) atoms. The molecule has 5 nitrogen and oxygen atoms in total. The van der Waals surface area contributed by atoms with Gasteiger partial charge in [-0.25, -0.2) is 4.79 Å². The van der Waals surface area contributed by atoms with E-state index in [9.17, 15) is 4.79 Å². The van der Waals surface area contributed by atoms with Crippen molar-refractivity contribution in [2.45, 2.75) is 13.3 Å². The number of anilines is 2. The minimum absolute atomic E-state index is 0.175. The Hall–Kier alpha value is -2.53. The number of nitrogens with zero attached hydrogens (tertiary/aromatic N) is 1. The van der Waals surface area contributed by atoms with Crippen molar-refractivity contribution in [1.29, 1.82) is 0 Å². The molecule has 1 heterocycles. The first kappa shape index (κ1) is 15.4. The first-order valence-electron chi connectivity index (χ1n) is 7.16. The van der Waals surface area contributed by atoms with Crippen molar-refractivity contribution in [1.82, 2.24) is 5.16 Å². The normalized spacial score (nSPS) is 10.7. The molecule has 0 amide bonds. The van der Waals surface area contributed by atoms with Crippen molar-refractivity contribution in [2.75, 3.05) is 12.4 Å². The minimum atomic E-state index is -0.560. The average molecular weight is 331 g/mol. The fourth-order valence-corrected chi connectivity index (χ4v) is 2.55. The Morgan fingerprint density at radius 3 is 2.65 bits per heavy atom. The number of methoxy groups -OCH3 is 1. The lowest BCUT2D eigenvalue weighted by Gasteiger charge is -2.05. The molecule has 0 bridgehead atoms. The van der Waals surface area contributed by atoms with Crippen LogP contribution in [0.2, 0.25) is 5.02 Å². The molecule has 1 N–H and O–H groups in total. The molecule has 0 aliphatic carbocycles. The monoisotopic (exact) mass is 330 g/mol. The summed E-state index contributed by atoms with van der Waals surface area (Å²) in [6, 6.07) is 11.4. The van der Waals surface area contributed by atoms with Gasteiger partial charge in [-0.15, -0.1) is 0 Å². The highest BCUT2D eigenvalue weighted by Gasteiger charge is 2.21. The summed E-state index contributed by atoms with van der Waals surface area (Å²) in [5, 5.41) is 8.11. The topological polar surface area (TPSA) is 64.4 Å². The maximum Gasteiger partial charge on any atom is 0.343 e. The number of ether oxygens (including phenoxy) is 1. The summed E-state index contributed by atoms with van der Waals surface area (Å²) in [6.07, 6.45) is 0.980. The van der Waals surface area contributed by atoms with Crippen LogP contribution in [0.15, 0.2) is 40.9 Å². The van der Waals surface area contributed by atoms with Crippen LogP contribution in [0.4, 0.5) is 11.5 Å². The van der Waals surface area contributed by atoms with Gasteiger partial charge in [-0.1, -0.05) is 35.8 Å². The predicted octanol–water partition coefficient (Wildman–Crippen LogP) is 4.57. The van der Waals surface area contributed by atoms with E-state index in [4.69, 9.17) is 20.9 Å². The Morgan fingerprint density at radius 2 is 2.00 bits per heavy atom. The van der Waals surface area contributed by atoms with Crippen LogP contribution in [-0.4, -0.2) is 18.2 Å². The van der Waals surface area contributed by atoms with Gasteiger partial charge >= 0.3 is 5.97 Å². The largest absolute Gasteiger partial charge is 0.465 e. The second kappa shape index (κ2) is 6.30. The van der Waals surface area contributed by atoms with Crippen LogP contribution in [0, 0.1) is 0 Å². The molecule has 0 saturated carbocycles. The Bertz CT molecular complexity index is 856. The van der Waals surface area contributed by atoms with E-state index in [1.54, 1.807) is 12.1 Å². The van der Waals surface area contributed by atoms with Crippen molar-refractivity contribution >= 4 is 40.0 Å². The standard InChI is InChI=1S/C17H15ClN2O3/c1-3-10-4-6-11(7-5-10)19-16-12-8-9-13(18)14(17(21)22-2)15(12)23-20-16/h4-9H,3H2,1-2H3,(H,19,20). The van der Waals surface area contributed by atoms with Crippen molar-refractivity contribution in [3.8, 4) is 0 Å². The molecule has 3 rings (SSSR count). The molecule has 118 valence electrons. The summed E-state index contributed by atoms with van der Waals surface area (Å²) in [6.45, 7) is 2.10. The van der Waals surface area contributed by atoms with Crippen molar-refractivity contribution < 1.29 is 14.1 Å². The number of hydrogen-bond donors (Lipinski definition) is 1. The number of aryl methyl sites for hydroxylation is 1. The van der Waals surface area contributed by atoms with E-state index in [1.165, 1.54) is 12.7 Å². The number of aromatic nitrogens is 1. The van der Waals surface area contributed by atoms with Crippen LogP contribution < -0.4 is 5.32 Å². The van der Waals surface area contributed by atoms with E-state index in [0.29, 0.717) is 16.8 Å². The number of nitrogens with one attached hydrogen (secondary N) is 1. The summed E-state index contributed by atoms with van der Waals surface area (Å²) in [5.41, 5.74) is 2.61. The number of hydrogen-bond acceptors (Lipinski definition) is 5. The summed E-state index contributed by atoms with van der Waals surface area (Å²) >= 11 is 6.07. The van der Waals surface area contributed by atoms with Gasteiger partial charge in [0.05, 0.1) is 17.5 Å². The zero-order chi connectivity index (χ0) is 16.4. The van der Waals surface area contributed by atoms with Crippen LogP contribution in [0.5, 0.6) is 0 Å². The lowest BCUT2D eigenvalue weighted by molar-refractivity contribution is 0.0601. The summed E-state index contributed by atoms with van der Waals surface area (Å²) < 4.78 is 10.1. The number of benzene rings is 2. The highest BCUT2D eigenvalue weighted by molar-refractivity contribution is 6.35. The number of fused-ring (bicyclic) bond motifs is 1. The molecule has 0 spiro atoms. The van der Waals surface area contributed by atoms with Crippen LogP contribution in [-0.2, 0) is 11.2 Å². The highest BCUT2D eigenvalue weighted by atomic mass is 35.5. The van der Waals surface area contributed by atoms with Crippen LogP contribution in [0.3, 0.4) is 0 Å². The third-order valence-corrected chi connectivity index (χ3v) is 3.92. The summed E-state index contributed by atoms with van der Waals surface area (Å²) in [7, 11) is 1.29. The van der Waals surface area contributed by atoms with Gasteiger partial charge in [0, 0.05) is 5.69 Å². The first-order chi connectivity index (χ1) is 11.1. The van der Waals surface area contributed by atoms with Gasteiger partial charge in [0.1, 0.15) is 5.56 Å². The quantitative estimate of drug-likeness (QED) is 0.710. The molecule has 0 fully saturated rings. The lowest BCUT2D eigenvalue weighted by Crippen LogP contribution is -2.02. The maximum atomic E-state index is 11.9.